The molecule has 4 aliphatic rings. The van der Waals surface area contributed by atoms with E-state index in [1.165, 1.54) is 12.1 Å². The van der Waals surface area contributed by atoms with Crippen molar-refractivity contribution >= 4 is 23.5 Å². The van der Waals surface area contributed by atoms with E-state index in [0.29, 0.717) is 13.1 Å². The number of para-hydroxylation sites is 1. The lowest BCUT2D eigenvalue weighted by Crippen LogP contribution is -2.70. The van der Waals surface area contributed by atoms with Gasteiger partial charge in [0, 0.05) is 44.0 Å². The molecule has 0 aromatic heterocycles. The topological polar surface area (TPSA) is 85.0 Å². The van der Waals surface area contributed by atoms with E-state index in [4.69, 9.17) is 0 Å². The number of urea groups is 1. The highest BCUT2D eigenvalue weighted by atomic mass is 16.2. The lowest BCUT2D eigenvalue weighted by molar-refractivity contribution is -0.140. The molecule has 0 unspecified atom stereocenters. The second-order valence-corrected chi connectivity index (χ2v) is 10.6. The van der Waals surface area contributed by atoms with Crippen molar-refractivity contribution in [1.29, 1.82) is 0 Å². The summed E-state index contributed by atoms with van der Waals surface area (Å²) in [6.45, 7) is 2.79. The van der Waals surface area contributed by atoms with E-state index in [1.807, 2.05) is 23.1 Å². The zero-order valence-electron chi connectivity index (χ0n) is 20.7. The number of carbonyl (C=O) groups is 3. The van der Waals surface area contributed by atoms with Crippen LogP contribution >= 0.6 is 0 Å². The van der Waals surface area contributed by atoms with Crippen LogP contribution in [0.15, 0.2) is 30.3 Å². The fourth-order valence-electron chi connectivity index (χ4n) is 6.38. The zero-order chi connectivity index (χ0) is 24.2. The molecule has 2 saturated carbocycles. The summed E-state index contributed by atoms with van der Waals surface area (Å²) in [6, 6.07) is 9.48. The third-order valence-corrected chi connectivity index (χ3v) is 8.34. The fraction of sp³-hybridized carbons (Fsp3) is 0.667. The largest absolute Gasteiger partial charge is 0.368 e. The molecule has 1 aromatic carbocycles. The van der Waals surface area contributed by atoms with Gasteiger partial charge in [-0.25, -0.2) is 4.79 Å². The number of carbonyl (C=O) groups excluding carboxylic acids is 3. The summed E-state index contributed by atoms with van der Waals surface area (Å²) >= 11 is 0. The van der Waals surface area contributed by atoms with Crippen molar-refractivity contribution in [3.8, 4) is 0 Å². The molecule has 4 amide bonds. The smallest absolute Gasteiger partial charge is 0.318 e. The number of piperazine rings is 2. The maximum absolute atomic E-state index is 13.5. The van der Waals surface area contributed by atoms with E-state index in [9.17, 15) is 14.4 Å². The zero-order valence-corrected chi connectivity index (χ0v) is 20.7. The monoisotopic (exact) mass is 481 g/mol. The Morgan fingerprint density at radius 1 is 0.886 bits per heavy atom. The quantitative estimate of drug-likeness (QED) is 0.693. The normalized spacial score (nSPS) is 27.7. The molecule has 2 aliphatic carbocycles. The number of hydrogen-bond acceptors (Lipinski definition) is 4. The summed E-state index contributed by atoms with van der Waals surface area (Å²) in [5.41, 5.74) is 1.17. The number of rotatable bonds is 4. The Bertz CT molecular complexity index is 895. The van der Waals surface area contributed by atoms with Gasteiger partial charge >= 0.3 is 6.03 Å². The van der Waals surface area contributed by atoms with Crippen molar-refractivity contribution in [1.82, 2.24) is 20.4 Å². The van der Waals surface area contributed by atoms with Crippen LogP contribution in [0.2, 0.25) is 0 Å². The first-order chi connectivity index (χ1) is 17.1. The van der Waals surface area contributed by atoms with Crippen molar-refractivity contribution in [2.45, 2.75) is 88.4 Å². The van der Waals surface area contributed by atoms with Crippen LogP contribution in [0.3, 0.4) is 0 Å². The average Bonchev–Trinajstić information content (AvgIpc) is 2.90. The number of amides is 4. The fourth-order valence-corrected chi connectivity index (χ4v) is 6.38. The molecule has 3 atom stereocenters. The van der Waals surface area contributed by atoms with Gasteiger partial charge in [0.2, 0.25) is 11.8 Å². The molecule has 0 radical (unpaired) electrons. The number of fused-ring (bicyclic) bond motifs is 1. The second-order valence-electron chi connectivity index (χ2n) is 10.6. The highest BCUT2D eigenvalue weighted by Gasteiger charge is 2.46. The summed E-state index contributed by atoms with van der Waals surface area (Å²) in [4.78, 5) is 46.0. The first-order valence-corrected chi connectivity index (χ1v) is 13.6. The van der Waals surface area contributed by atoms with Crippen LogP contribution in [0.4, 0.5) is 10.5 Å². The first-order valence-electron chi connectivity index (χ1n) is 13.6. The van der Waals surface area contributed by atoms with Crippen molar-refractivity contribution in [3.63, 3.8) is 0 Å². The average molecular weight is 482 g/mol. The van der Waals surface area contributed by atoms with E-state index in [1.54, 1.807) is 4.90 Å². The van der Waals surface area contributed by atoms with Gasteiger partial charge < -0.3 is 25.3 Å². The maximum atomic E-state index is 13.5. The van der Waals surface area contributed by atoms with Crippen molar-refractivity contribution in [3.05, 3.63) is 30.3 Å². The van der Waals surface area contributed by atoms with E-state index in [0.717, 1.165) is 64.5 Å². The highest BCUT2D eigenvalue weighted by molar-refractivity contribution is 5.93. The second kappa shape index (κ2) is 10.9. The summed E-state index contributed by atoms with van der Waals surface area (Å²) in [5, 5.41) is 6.38. The Kier molecular flexibility index (Phi) is 7.44. The lowest BCUT2D eigenvalue weighted by Gasteiger charge is -2.48. The third-order valence-electron chi connectivity index (χ3n) is 8.34. The Labute approximate surface area is 208 Å². The molecular weight excluding hydrogens is 442 g/mol. The van der Waals surface area contributed by atoms with Crippen LogP contribution in [0.25, 0.3) is 0 Å². The molecule has 1 aromatic rings. The van der Waals surface area contributed by atoms with Gasteiger partial charge in [0.05, 0.1) is 12.5 Å². The minimum Gasteiger partial charge on any atom is -0.368 e. The van der Waals surface area contributed by atoms with Crippen molar-refractivity contribution in [2.24, 2.45) is 0 Å². The molecule has 8 nitrogen and oxygen atoms in total. The summed E-state index contributed by atoms with van der Waals surface area (Å²) in [6.07, 6.45) is 9.42. The van der Waals surface area contributed by atoms with Gasteiger partial charge in [0.1, 0.15) is 6.04 Å². The Balaban J connectivity index is 1.25. The molecule has 0 bridgehead atoms. The van der Waals surface area contributed by atoms with Crippen molar-refractivity contribution in [2.75, 3.05) is 31.1 Å². The van der Waals surface area contributed by atoms with Crippen LogP contribution in [-0.4, -0.2) is 78.0 Å². The van der Waals surface area contributed by atoms with Gasteiger partial charge in [-0.15, -0.1) is 0 Å². The lowest BCUT2D eigenvalue weighted by atomic mass is 9.85. The molecule has 35 heavy (non-hydrogen) atoms. The number of benzene rings is 1. The van der Waals surface area contributed by atoms with Gasteiger partial charge in [-0.05, 0) is 37.8 Å². The highest BCUT2D eigenvalue weighted by Crippen LogP contribution is 2.30. The van der Waals surface area contributed by atoms with Gasteiger partial charge in [-0.2, -0.15) is 0 Å². The maximum Gasteiger partial charge on any atom is 0.318 e. The van der Waals surface area contributed by atoms with Crippen LogP contribution < -0.4 is 15.5 Å². The van der Waals surface area contributed by atoms with E-state index in [-0.39, 0.29) is 42.4 Å². The molecule has 2 N–H and O–H groups in total. The third kappa shape index (κ3) is 5.41. The van der Waals surface area contributed by atoms with Crippen LogP contribution in [0.5, 0.6) is 0 Å². The van der Waals surface area contributed by atoms with E-state index >= 15 is 0 Å². The predicted molar refractivity (Wildman–Crippen MR) is 135 cm³/mol. The van der Waals surface area contributed by atoms with E-state index in [2.05, 4.69) is 27.7 Å². The molecule has 2 heterocycles. The minimum atomic E-state index is -0.738. The molecule has 4 fully saturated rings. The minimum absolute atomic E-state index is 0.00544. The number of anilines is 1. The SMILES string of the molecule is O=C1N[C@@H]2CCCC[C@H]2N(C(=O)NC2CCCCC2)[C@H]1CC(=O)N1CCN(c2ccccc2)CC1. The molecule has 0 spiro atoms. The standard InChI is InChI=1S/C27H39N5O3/c33-25(31-17-15-30(16-18-31)21-11-5-2-6-12-21)19-24-26(34)29-22-13-7-8-14-23(22)32(24)27(35)28-20-9-3-1-4-10-20/h2,5-6,11-12,20,22-24H,1,3-4,7-10,13-19H2,(H,28,35)(H,29,34)/t22-,23-,24+/m1/s1. The predicted octanol–water partition coefficient (Wildman–Crippen LogP) is 2.88. The molecule has 8 heteroatoms. The first kappa shape index (κ1) is 23.9. The van der Waals surface area contributed by atoms with Gasteiger partial charge in [-0.1, -0.05) is 50.3 Å². The van der Waals surface area contributed by atoms with Crippen LogP contribution in [0, 0.1) is 0 Å². The number of hydrogen-bond donors (Lipinski definition) is 2. The Morgan fingerprint density at radius 2 is 1.57 bits per heavy atom. The number of nitrogens with zero attached hydrogens (tertiary/aromatic N) is 3. The van der Waals surface area contributed by atoms with Gasteiger partial charge in [0.15, 0.2) is 0 Å². The van der Waals surface area contributed by atoms with E-state index < -0.39 is 6.04 Å². The number of nitrogens with one attached hydrogen (secondary N) is 2. The molecule has 190 valence electrons. The molecular formula is C27H39N5O3. The molecule has 2 aliphatic heterocycles. The Hall–Kier alpha value is -2.77. The summed E-state index contributed by atoms with van der Waals surface area (Å²) < 4.78 is 0. The van der Waals surface area contributed by atoms with Crippen LogP contribution in [-0.2, 0) is 9.59 Å². The Morgan fingerprint density at radius 3 is 2.31 bits per heavy atom. The van der Waals surface area contributed by atoms with Gasteiger partial charge in [0.25, 0.3) is 0 Å². The van der Waals surface area contributed by atoms with Crippen LogP contribution in [0.1, 0.15) is 64.2 Å². The van der Waals surface area contributed by atoms with Gasteiger partial charge in [-0.3, -0.25) is 9.59 Å². The summed E-state index contributed by atoms with van der Waals surface area (Å²) in [7, 11) is 0. The molecule has 2 saturated heterocycles. The van der Waals surface area contributed by atoms with Crippen molar-refractivity contribution < 1.29 is 14.4 Å². The molecule has 5 rings (SSSR count). The summed E-state index contributed by atoms with van der Waals surface area (Å²) in [5.74, 6) is -0.217.